The molecular weight excluding hydrogens is 590 g/mol. The number of nitrogen functional groups attached to an aromatic ring is 2. The van der Waals surface area contributed by atoms with Gasteiger partial charge >= 0.3 is 11.6 Å². The summed E-state index contributed by atoms with van der Waals surface area (Å²) in [5, 5.41) is 22.9. The lowest BCUT2D eigenvalue weighted by atomic mass is 9.97. The Balaban J connectivity index is 1.23. The quantitative estimate of drug-likeness (QED) is 0.0603. The second-order valence-corrected chi connectivity index (χ2v) is 11.5. The van der Waals surface area contributed by atoms with E-state index in [1.165, 1.54) is 16.3 Å². The molecule has 17 nitrogen and oxygen atoms in total. The molecular formula is C23H24N11O6S2+. The van der Waals surface area contributed by atoms with Crippen LogP contribution in [0.4, 0.5) is 16.8 Å². The molecule has 3 aromatic heterocycles. The zero-order valence-electron chi connectivity index (χ0n) is 21.7. The molecule has 7 N–H and O–H groups in total. The third-order valence-electron chi connectivity index (χ3n) is 6.95. The maximum Gasteiger partial charge on any atom is 0.352 e. The normalized spacial score (nSPS) is 20.5. The van der Waals surface area contributed by atoms with Crippen LogP contribution < -0.4 is 26.7 Å². The minimum absolute atomic E-state index is 0.0286. The predicted octanol–water partition coefficient (Wildman–Crippen LogP) is -1.08. The van der Waals surface area contributed by atoms with Crippen LogP contribution in [0.25, 0.3) is 5.65 Å². The third kappa shape index (κ3) is 4.85. The van der Waals surface area contributed by atoms with E-state index in [2.05, 4.69) is 30.2 Å². The minimum atomic E-state index is -1.29. The maximum absolute atomic E-state index is 13.3. The number of carbonyl (C=O) groups excluding carboxylic acids is 3. The van der Waals surface area contributed by atoms with Crippen molar-refractivity contribution < 1.29 is 33.7 Å². The van der Waals surface area contributed by atoms with E-state index in [9.17, 15) is 24.3 Å². The number of nitrogens with one attached hydrogen (secondary N) is 2. The van der Waals surface area contributed by atoms with Crippen molar-refractivity contribution in [1.82, 2.24) is 29.2 Å². The molecule has 6 rings (SSSR count). The number of carboxylic acid groups (broad SMARTS) is 1. The Morgan fingerprint density at radius 1 is 1.31 bits per heavy atom. The minimum Gasteiger partial charge on any atom is -0.477 e. The number of oxime groups is 1. The Labute approximate surface area is 244 Å². The molecule has 3 amide bonds. The van der Waals surface area contributed by atoms with Crippen LogP contribution in [0.3, 0.4) is 0 Å². The van der Waals surface area contributed by atoms with E-state index < -0.39 is 29.2 Å². The molecule has 42 heavy (non-hydrogen) atoms. The van der Waals surface area contributed by atoms with Crippen molar-refractivity contribution in [3.8, 4) is 0 Å². The third-order valence-corrected chi connectivity index (χ3v) is 8.84. The van der Waals surface area contributed by atoms with Gasteiger partial charge in [0, 0.05) is 28.9 Å². The number of fused-ring (bicyclic) bond motifs is 2. The van der Waals surface area contributed by atoms with Gasteiger partial charge in [0.05, 0.1) is 0 Å². The van der Waals surface area contributed by atoms with Crippen LogP contribution in [-0.2, 0) is 30.6 Å². The summed E-state index contributed by atoms with van der Waals surface area (Å²) in [5.74, 6) is -1.86. The molecule has 5 heterocycles. The van der Waals surface area contributed by atoms with E-state index in [0.29, 0.717) is 23.4 Å². The molecule has 2 fully saturated rings. The van der Waals surface area contributed by atoms with Crippen molar-refractivity contribution in [2.45, 2.75) is 43.3 Å². The van der Waals surface area contributed by atoms with Crippen LogP contribution >= 0.6 is 23.3 Å². The van der Waals surface area contributed by atoms with E-state index in [0.717, 1.165) is 35.7 Å². The van der Waals surface area contributed by atoms with Gasteiger partial charge in [-0.3, -0.25) is 24.6 Å². The van der Waals surface area contributed by atoms with Crippen molar-refractivity contribution in [1.29, 1.82) is 0 Å². The second-order valence-electron chi connectivity index (χ2n) is 9.61. The zero-order chi connectivity index (χ0) is 29.5. The number of thioether (sulfide) groups is 1. The summed E-state index contributed by atoms with van der Waals surface area (Å²) in [6, 6.07) is 2.24. The first-order valence-corrected chi connectivity index (χ1v) is 14.5. The highest BCUT2D eigenvalue weighted by Crippen LogP contribution is 2.40. The number of hydrogen-bond acceptors (Lipinski definition) is 13. The van der Waals surface area contributed by atoms with Gasteiger partial charge < -0.3 is 26.7 Å². The molecule has 0 aromatic carbocycles. The fourth-order valence-corrected chi connectivity index (χ4v) is 6.49. The standard InChI is InChI=1S/C23H23N11O6S2/c24-12-4-5-14-32(7-13(26-9-35)34(14)29-12)6-10-8-41-21-16(20(37)33(21)17(10)22(38)39)27-19(36)15(18-28-23(25)42-31-18)30-40-11-2-1-3-11/h4-5,7,9,11,16,21H,1-3,6,8H2,(H6-,24,25,26,27,28,29,31,35,36,38,39)/p+1/b30-15-/t16-,21-/m1/s1. The molecule has 0 radical (unpaired) electrons. The maximum atomic E-state index is 13.3. The number of anilines is 3. The van der Waals surface area contributed by atoms with Crippen LogP contribution in [-0.4, -0.2) is 82.2 Å². The smallest absolute Gasteiger partial charge is 0.352 e. The Kier molecular flexibility index (Phi) is 7.11. The number of imidazole rings is 1. The molecule has 1 aliphatic carbocycles. The molecule has 2 aliphatic heterocycles. The van der Waals surface area contributed by atoms with Gasteiger partial charge in [-0.1, -0.05) is 14.8 Å². The molecule has 19 heteroatoms. The topological polar surface area (TPSA) is 236 Å². The van der Waals surface area contributed by atoms with Crippen LogP contribution in [0.2, 0.25) is 0 Å². The Morgan fingerprint density at radius 3 is 2.79 bits per heavy atom. The lowest BCUT2D eigenvalue weighted by molar-refractivity contribution is -0.662. The van der Waals surface area contributed by atoms with Crippen molar-refractivity contribution in [2.24, 2.45) is 5.16 Å². The predicted molar refractivity (Wildman–Crippen MR) is 149 cm³/mol. The highest BCUT2D eigenvalue weighted by Gasteiger charge is 2.54. The number of carbonyl (C=O) groups is 4. The van der Waals surface area contributed by atoms with Gasteiger partial charge in [0.25, 0.3) is 17.6 Å². The first-order chi connectivity index (χ1) is 20.2. The zero-order valence-corrected chi connectivity index (χ0v) is 23.3. The van der Waals surface area contributed by atoms with Crippen LogP contribution in [0.1, 0.15) is 25.1 Å². The van der Waals surface area contributed by atoms with Gasteiger partial charge in [0.2, 0.25) is 17.9 Å². The SMILES string of the molecule is Nc1ccc2n(n1)c(NC=O)c[n+]2CC1=C(C(=O)O)N2C(=O)[C@@H](NC(=O)/C(=N\OC3CCC3)c3nsc(N)n3)[C@H]2SC1. The Hall–Kier alpha value is -4.78. The van der Waals surface area contributed by atoms with Gasteiger partial charge in [-0.05, 0) is 25.3 Å². The van der Waals surface area contributed by atoms with Gasteiger partial charge in [0.1, 0.15) is 29.8 Å². The van der Waals surface area contributed by atoms with Crippen LogP contribution in [0.5, 0.6) is 0 Å². The van der Waals surface area contributed by atoms with Crippen molar-refractivity contribution in [3.63, 3.8) is 0 Å². The highest BCUT2D eigenvalue weighted by molar-refractivity contribution is 8.00. The van der Waals surface area contributed by atoms with Crippen molar-refractivity contribution >= 4 is 75.6 Å². The Bertz CT molecular complexity index is 1680. The molecule has 218 valence electrons. The van der Waals surface area contributed by atoms with Crippen molar-refractivity contribution in [2.75, 3.05) is 22.5 Å². The lowest BCUT2D eigenvalue weighted by Gasteiger charge is -2.49. The monoisotopic (exact) mass is 614 g/mol. The van der Waals surface area contributed by atoms with E-state index in [-0.39, 0.29) is 46.6 Å². The number of aromatic nitrogens is 5. The average molecular weight is 615 g/mol. The molecule has 0 bridgehead atoms. The molecule has 1 saturated heterocycles. The molecule has 2 atom stereocenters. The summed E-state index contributed by atoms with van der Waals surface area (Å²) >= 11 is 2.19. The summed E-state index contributed by atoms with van der Waals surface area (Å²) in [5.41, 5.74) is 12.1. The van der Waals surface area contributed by atoms with Gasteiger partial charge in [-0.15, -0.1) is 11.8 Å². The summed E-state index contributed by atoms with van der Waals surface area (Å²) in [6.45, 7) is 0.0873. The molecule has 3 aliphatic rings. The average Bonchev–Trinajstić information content (AvgIpc) is 3.51. The van der Waals surface area contributed by atoms with E-state index >= 15 is 0 Å². The van der Waals surface area contributed by atoms with Crippen LogP contribution in [0, 0.1) is 0 Å². The first kappa shape index (κ1) is 27.4. The van der Waals surface area contributed by atoms with E-state index in [4.69, 9.17) is 16.3 Å². The molecule has 1 saturated carbocycles. The number of rotatable bonds is 10. The van der Waals surface area contributed by atoms with Crippen molar-refractivity contribution in [3.05, 3.63) is 35.4 Å². The number of carboxylic acids is 1. The summed E-state index contributed by atoms with van der Waals surface area (Å²) < 4.78 is 7.16. The first-order valence-electron chi connectivity index (χ1n) is 12.7. The number of aliphatic carboxylic acids is 1. The number of β-lactam (4-membered cyclic amide) rings is 1. The fourth-order valence-electron chi connectivity index (χ4n) is 4.72. The van der Waals surface area contributed by atoms with E-state index in [1.807, 2.05) is 0 Å². The van der Waals surface area contributed by atoms with Crippen LogP contribution in [0.15, 0.2) is 34.8 Å². The molecule has 3 aromatic rings. The molecule has 0 unspecified atom stereocenters. The van der Waals surface area contributed by atoms with Gasteiger partial charge in [-0.25, -0.2) is 9.36 Å². The van der Waals surface area contributed by atoms with Gasteiger partial charge in [-0.2, -0.15) is 9.36 Å². The number of nitrogens with zero attached hydrogens (tertiary/aromatic N) is 7. The van der Waals surface area contributed by atoms with E-state index in [1.54, 1.807) is 22.9 Å². The largest absolute Gasteiger partial charge is 0.477 e. The number of amides is 3. The molecule has 0 spiro atoms. The highest BCUT2D eigenvalue weighted by atomic mass is 32.2. The fraction of sp³-hybridized carbons (Fsp3) is 0.348. The summed E-state index contributed by atoms with van der Waals surface area (Å²) in [6.07, 6.45) is 4.58. The Morgan fingerprint density at radius 2 is 2.12 bits per heavy atom. The summed E-state index contributed by atoms with van der Waals surface area (Å²) in [4.78, 5) is 60.6. The number of nitrogens with two attached hydrogens (primary N) is 2. The van der Waals surface area contributed by atoms with Gasteiger partial charge in [0.15, 0.2) is 17.1 Å². The number of hydrogen-bond donors (Lipinski definition) is 5. The second kappa shape index (κ2) is 10.9. The summed E-state index contributed by atoms with van der Waals surface area (Å²) in [7, 11) is 0. The lowest BCUT2D eigenvalue weighted by Crippen LogP contribution is -2.71.